The summed E-state index contributed by atoms with van der Waals surface area (Å²) in [7, 11) is 1.65. The summed E-state index contributed by atoms with van der Waals surface area (Å²) in [5.74, 6) is 0. The molecule has 0 radical (unpaired) electrons. The third-order valence-electron chi connectivity index (χ3n) is 3.41. The number of nitrogens with one attached hydrogen (secondary N) is 1. The van der Waals surface area contributed by atoms with Crippen molar-refractivity contribution in [2.24, 2.45) is 0 Å². The number of carbonyl (C=O) groups is 1. The molecular weight excluding hydrogens is 278 g/mol. The maximum atomic E-state index is 12.3. The Labute approximate surface area is 130 Å². The van der Waals surface area contributed by atoms with Crippen LogP contribution in [0.15, 0.2) is 48.7 Å². The lowest BCUT2D eigenvalue weighted by molar-refractivity contribution is 0.188. The van der Waals surface area contributed by atoms with Gasteiger partial charge >= 0.3 is 6.03 Å². The Hall–Kier alpha value is -2.40. The van der Waals surface area contributed by atoms with Crippen LogP contribution in [0.25, 0.3) is 0 Å². The topological polar surface area (TPSA) is 65.5 Å². The van der Waals surface area contributed by atoms with Crippen LogP contribution in [0.4, 0.5) is 4.79 Å². The molecule has 0 saturated carbocycles. The van der Waals surface area contributed by atoms with Crippen LogP contribution in [0.3, 0.4) is 0 Å². The zero-order valence-corrected chi connectivity index (χ0v) is 12.9. The highest BCUT2D eigenvalue weighted by molar-refractivity contribution is 5.75. The van der Waals surface area contributed by atoms with Gasteiger partial charge in [-0.1, -0.05) is 35.9 Å². The number of carbonyl (C=O) groups excluding carboxylic acids is 1. The Morgan fingerprint density at radius 2 is 2.14 bits per heavy atom. The normalized spacial score (nSPS) is 11.8. The lowest BCUT2D eigenvalue weighted by Gasteiger charge is -2.23. The Kier molecular flexibility index (Phi) is 5.49. The fourth-order valence-electron chi connectivity index (χ4n) is 2.21. The van der Waals surface area contributed by atoms with E-state index in [9.17, 15) is 4.79 Å². The van der Waals surface area contributed by atoms with E-state index in [4.69, 9.17) is 5.11 Å². The summed E-state index contributed by atoms with van der Waals surface area (Å²) < 4.78 is 0. The predicted molar refractivity (Wildman–Crippen MR) is 85.5 cm³/mol. The number of benzene rings is 1. The monoisotopic (exact) mass is 299 g/mol. The van der Waals surface area contributed by atoms with Gasteiger partial charge in [-0.15, -0.1) is 0 Å². The van der Waals surface area contributed by atoms with Crippen LogP contribution in [0.2, 0.25) is 0 Å². The van der Waals surface area contributed by atoms with Crippen molar-refractivity contribution >= 4 is 6.03 Å². The van der Waals surface area contributed by atoms with E-state index in [2.05, 4.69) is 10.3 Å². The first kappa shape index (κ1) is 16.0. The summed E-state index contributed by atoms with van der Waals surface area (Å²) in [6.07, 6.45) is 1.71. The summed E-state index contributed by atoms with van der Waals surface area (Å²) in [4.78, 5) is 18.1. The number of aliphatic hydroxyl groups is 1. The minimum atomic E-state index is -0.324. The molecule has 0 bridgehead atoms. The Balaban J connectivity index is 2.29. The van der Waals surface area contributed by atoms with Crippen LogP contribution in [0, 0.1) is 6.92 Å². The van der Waals surface area contributed by atoms with Crippen LogP contribution in [0.1, 0.15) is 22.9 Å². The highest BCUT2D eigenvalue weighted by Gasteiger charge is 2.19. The molecule has 0 fully saturated rings. The number of hydrogen-bond donors (Lipinski definition) is 2. The number of urea groups is 1. The molecule has 0 spiro atoms. The Bertz CT molecular complexity index is 616. The van der Waals surface area contributed by atoms with Gasteiger partial charge in [0.15, 0.2) is 0 Å². The van der Waals surface area contributed by atoms with E-state index in [-0.39, 0.29) is 25.2 Å². The van der Waals surface area contributed by atoms with E-state index in [1.807, 2.05) is 49.4 Å². The van der Waals surface area contributed by atoms with Gasteiger partial charge in [-0.2, -0.15) is 0 Å². The third kappa shape index (κ3) is 4.05. The number of aliphatic hydroxyl groups excluding tert-OH is 1. The van der Waals surface area contributed by atoms with Crippen LogP contribution in [0.5, 0.6) is 0 Å². The largest absolute Gasteiger partial charge is 0.395 e. The van der Waals surface area contributed by atoms with Crippen molar-refractivity contribution < 1.29 is 9.90 Å². The highest BCUT2D eigenvalue weighted by Crippen LogP contribution is 2.21. The molecule has 22 heavy (non-hydrogen) atoms. The van der Waals surface area contributed by atoms with Crippen molar-refractivity contribution in [3.63, 3.8) is 0 Å². The molecule has 2 amide bonds. The second-order valence-electron chi connectivity index (χ2n) is 5.20. The van der Waals surface area contributed by atoms with Gasteiger partial charge in [0, 0.05) is 19.8 Å². The fraction of sp³-hybridized carbons (Fsp3) is 0.294. The standard InChI is InChI=1S/C17H21N3O2/c1-13-6-5-7-14(12-13)16(15-8-3-4-9-18-15)19-17(22)20(2)10-11-21/h3-9,12,16,21H,10-11H2,1-2H3,(H,19,22). The van der Waals surface area contributed by atoms with E-state index >= 15 is 0 Å². The average molecular weight is 299 g/mol. The number of rotatable bonds is 5. The fourth-order valence-corrected chi connectivity index (χ4v) is 2.21. The van der Waals surface area contributed by atoms with Crippen molar-refractivity contribution in [1.82, 2.24) is 15.2 Å². The zero-order chi connectivity index (χ0) is 15.9. The van der Waals surface area contributed by atoms with Gasteiger partial charge in [0.05, 0.1) is 18.3 Å². The molecule has 2 aromatic rings. The minimum Gasteiger partial charge on any atom is -0.395 e. The quantitative estimate of drug-likeness (QED) is 0.888. The summed E-state index contributed by atoms with van der Waals surface area (Å²) in [5, 5.41) is 11.9. The van der Waals surface area contributed by atoms with E-state index in [0.717, 1.165) is 16.8 Å². The second kappa shape index (κ2) is 7.56. The number of likely N-dealkylation sites (N-methyl/N-ethyl adjacent to an activating group) is 1. The average Bonchev–Trinajstić information content (AvgIpc) is 2.53. The number of aromatic nitrogens is 1. The molecular formula is C17H21N3O2. The molecule has 1 aromatic heterocycles. The van der Waals surface area contributed by atoms with Gasteiger partial charge in [0.2, 0.25) is 0 Å². The molecule has 1 aromatic carbocycles. The Morgan fingerprint density at radius 3 is 2.77 bits per heavy atom. The first-order valence-corrected chi connectivity index (χ1v) is 7.22. The van der Waals surface area contributed by atoms with Crippen molar-refractivity contribution in [2.45, 2.75) is 13.0 Å². The van der Waals surface area contributed by atoms with E-state index in [1.165, 1.54) is 4.90 Å². The molecule has 0 aliphatic rings. The molecule has 0 aliphatic heterocycles. The predicted octanol–water partition coefficient (Wildman–Crippen LogP) is 2.11. The SMILES string of the molecule is Cc1cccc(C(NC(=O)N(C)CCO)c2ccccn2)c1. The maximum Gasteiger partial charge on any atom is 0.318 e. The smallest absolute Gasteiger partial charge is 0.318 e. The number of pyridine rings is 1. The number of aryl methyl sites for hydroxylation is 1. The second-order valence-corrected chi connectivity index (χ2v) is 5.20. The Morgan fingerprint density at radius 1 is 1.32 bits per heavy atom. The van der Waals surface area contributed by atoms with Gasteiger partial charge in [-0.3, -0.25) is 4.98 Å². The summed E-state index contributed by atoms with van der Waals surface area (Å²) >= 11 is 0. The summed E-state index contributed by atoms with van der Waals surface area (Å²) in [6.45, 7) is 2.23. The van der Waals surface area contributed by atoms with Gasteiger partial charge in [0.1, 0.15) is 0 Å². The van der Waals surface area contributed by atoms with Gasteiger partial charge < -0.3 is 15.3 Å². The van der Waals surface area contributed by atoms with Gasteiger partial charge in [0.25, 0.3) is 0 Å². The van der Waals surface area contributed by atoms with Gasteiger partial charge in [-0.05, 0) is 24.6 Å². The molecule has 116 valence electrons. The van der Waals surface area contributed by atoms with Crippen LogP contribution in [-0.2, 0) is 0 Å². The van der Waals surface area contributed by atoms with Gasteiger partial charge in [-0.25, -0.2) is 4.79 Å². The van der Waals surface area contributed by atoms with Crippen LogP contribution in [-0.4, -0.2) is 41.2 Å². The lowest BCUT2D eigenvalue weighted by Crippen LogP contribution is -2.41. The summed E-state index contributed by atoms with van der Waals surface area (Å²) in [6, 6.07) is 13.0. The zero-order valence-electron chi connectivity index (χ0n) is 12.9. The third-order valence-corrected chi connectivity index (χ3v) is 3.41. The molecule has 2 rings (SSSR count). The highest BCUT2D eigenvalue weighted by atomic mass is 16.3. The van der Waals surface area contributed by atoms with Crippen LogP contribution < -0.4 is 5.32 Å². The molecule has 2 N–H and O–H groups in total. The molecule has 1 atom stereocenters. The van der Waals surface area contributed by atoms with Crippen LogP contribution >= 0.6 is 0 Å². The van der Waals surface area contributed by atoms with E-state index in [1.54, 1.807) is 13.2 Å². The van der Waals surface area contributed by atoms with Crippen molar-refractivity contribution in [1.29, 1.82) is 0 Å². The molecule has 1 unspecified atom stereocenters. The van der Waals surface area contributed by atoms with Crippen molar-refractivity contribution in [2.75, 3.05) is 20.2 Å². The summed E-state index contributed by atoms with van der Waals surface area (Å²) in [5.41, 5.74) is 2.87. The van der Waals surface area contributed by atoms with Crippen molar-refractivity contribution in [3.8, 4) is 0 Å². The maximum absolute atomic E-state index is 12.3. The number of amides is 2. The number of hydrogen-bond acceptors (Lipinski definition) is 3. The lowest BCUT2D eigenvalue weighted by atomic mass is 10.0. The molecule has 1 heterocycles. The molecule has 5 nitrogen and oxygen atoms in total. The van der Waals surface area contributed by atoms with E-state index in [0.29, 0.717) is 0 Å². The van der Waals surface area contributed by atoms with E-state index < -0.39 is 0 Å². The van der Waals surface area contributed by atoms with Crippen molar-refractivity contribution in [3.05, 3.63) is 65.5 Å². The number of nitrogens with zero attached hydrogens (tertiary/aromatic N) is 2. The molecule has 0 aliphatic carbocycles. The molecule has 5 heteroatoms. The molecule has 0 saturated heterocycles. The first-order valence-electron chi connectivity index (χ1n) is 7.22. The first-order chi connectivity index (χ1) is 10.6. The minimum absolute atomic E-state index is 0.0668.